The summed E-state index contributed by atoms with van der Waals surface area (Å²) in [5, 5.41) is 13.2. The van der Waals surface area contributed by atoms with E-state index in [1.54, 1.807) is 42.5 Å². The molecule has 0 saturated heterocycles. The second kappa shape index (κ2) is 11.6. The molecule has 36 heavy (non-hydrogen) atoms. The Hall–Kier alpha value is -3.26. The van der Waals surface area contributed by atoms with E-state index in [9.17, 15) is 4.39 Å². The Morgan fingerprint density at radius 1 is 1.08 bits per heavy atom. The van der Waals surface area contributed by atoms with Gasteiger partial charge in [-0.25, -0.2) is 4.39 Å². The molecule has 186 valence electrons. The third-order valence-corrected chi connectivity index (χ3v) is 8.02. The van der Waals surface area contributed by atoms with E-state index in [4.69, 9.17) is 0 Å². The van der Waals surface area contributed by atoms with E-state index in [1.165, 1.54) is 49.9 Å². The molecule has 5 rings (SSSR count). The van der Waals surface area contributed by atoms with Gasteiger partial charge in [0, 0.05) is 36.5 Å². The van der Waals surface area contributed by atoms with Crippen LogP contribution in [0.25, 0.3) is 17.1 Å². The summed E-state index contributed by atoms with van der Waals surface area (Å²) in [5.41, 5.74) is 4.03. The van der Waals surface area contributed by atoms with Crippen molar-refractivity contribution in [2.45, 2.75) is 43.7 Å². The van der Waals surface area contributed by atoms with Gasteiger partial charge < -0.3 is 9.88 Å². The van der Waals surface area contributed by atoms with Gasteiger partial charge in [-0.15, -0.1) is 10.2 Å². The minimum Gasteiger partial charge on any atom is -0.357 e. The lowest BCUT2D eigenvalue weighted by Crippen LogP contribution is -2.25. The third-order valence-electron chi connectivity index (χ3n) is 6.92. The van der Waals surface area contributed by atoms with Crippen molar-refractivity contribution < 1.29 is 4.39 Å². The molecule has 1 aromatic carbocycles. The summed E-state index contributed by atoms with van der Waals surface area (Å²) in [6.07, 6.45) is 21.1. The fourth-order valence-corrected chi connectivity index (χ4v) is 5.91. The highest BCUT2D eigenvalue weighted by atomic mass is 32.2. The molecule has 2 aromatic heterocycles. The molecule has 1 aliphatic heterocycles. The van der Waals surface area contributed by atoms with Gasteiger partial charge in [0.25, 0.3) is 0 Å². The highest BCUT2D eigenvalue weighted by Crippen LogP contribution is 2.36. The molecule has 8 heteroatoms. The largest absolute Gasteiger partial charge is 0.357 e. The average molecular weight is 503 g/mol. The van der Waals surface area contributed by atoms with E-state index in [0.29, 0.717) is 5.92 Å². The van der Waals surface area contributed by atoms with E-state index in [0.717, 1.165) is 46.0 Å². The zero-order valence-corrected chi connectivity index (χ0v) is 21.3. The van der Waals surface area contributed by atoms with Gasteiger partial charge in [-0.1, -0.05) is 36.8 Å². The van der Waals surface area contributed by atoms with Gasteiger partial charge in [-0.3, -0.25) is 9.97 Å². The topological polar surface area (TPSA) is 68.5 Å². The van der Waals surface area contributed by atoms with Crippen LogP contribution < -0.4 is 5.32 Å². The molecule has 3 heterocycles. The summed E-state index contributed by atoms with van der Waals surface area (Å²) in [6.45, 7) is 0. The van der Waals surface area contributed by atoms with Gasteiger partial charge in [-0.2, -0.15) is 0 Å². The van der Waals surface area contributed by atoms with Crippen LogP contribution in [0.1, 0.15) is 44.2 Å². The monoisotopic (exact) mass is 502 g/mol. The lowest BCUT2D eigenvalue weighted by atomic mass is 9.78. The lowest BCUT2D eigenvalue weighted by Gasteiger charge is -2.31. The van der Waals surface area contributed by atoms with E-state index in [2.05, 4.69) is 49.8 Å². The number of benzene rings is 1. The van der Waals surface area contributed by atoms with Gasteiger partial charge in [0.05, 0.1) is 11.9 Å². The lowest BCUT2D eigenvalue weighted by molar-refractivity contribution is 0.275. The fraction of sp³-hybridized carbons (Fsp3) is 0.357. The van der Waals surface area contributed by atoms with Gasteiger partial charge in [0.1, 0.15) is 11.5 Å². The first-order valence-electron chi connectivity index (χ1n) is 12.6. The second-order valence-electron chi connectivity index (χ2n) is 9.40. The summed E-state index contributed by atoms with van der Waals surface area (Å²) < 4.78 is 15.2. The number of hydrogen-bond acceptors (Lipinski definition) is 6. The first-order valence-corrected chi connectivity index (χ1v) is 13.6. The zero-order valence-electron chi connectivity index (χ0n) is 20.5. The van der Waals surface area contributed by atoms with Crippen LogP contribution in [0.5, 0.6) is 0 Å². The van der Waals surface area contributed by atoms with Gasteiger partial charge in [0.2, 0.25) is 0 Å². The molecule has 0 spiro atoms. The maximum atomic E-state index is 13.2. The smallest absolute Gasteiger partial charge is 0.191 e. The van der Waals surface area contributed by atoms with Crippen LogP contribution in [-0.4, -0.2) is 30.5 Å². The number of nitrogens with zero attached hydrogens (tertiary/aromatic N) is 5. The Morgan fingerprint density at radius 3 is 2.78 bits per heavy atom. The molecule has 1 fully saturated rings. The predicted molar refractivity (Wildman–Crippen MR) is 142 cm³/mol. The average Bonchev–Trinajstić information content (AvgIpc) is 3.11. The van der Waals surface area contributed by atoms with E-state index < -0.39 is 0 Å². The normalized spacial score (nSPS) is 19.8. The number of aromatic nitrogens is 5. The van der Waals surface area contributed by atoms with Gasteiger partial charge in [0.15, 0.2) is 11.0 Å². The Bertz CT molecular complexity index is 1250. The van der Waals surface area contributed by atoms with E-state index >= 15 is 0 Å². The first-order chi connectivity index (χ1) is 17.7. The number of halogens is 1. The zero-order chi connectivity index (χ0) is 24.7. The molecule has 1 N–H and O–H groups in total. The van der Waals surface area contributed by atoms with Crippen LogP contribution in [0.4, 0.5) is 4.39 Å². The number of hydrogen-bond donors (Lipinski definition) is 1. The van der Waals surface area contributed by atoms with Crippen molar-refractivity contribution in [1.82, 2.24) is 30.0 Å². The molecule has 0 radical (unpaired) electrons. The van der Waals surface area contributed by atoms with Crippen LogP contribution in [0.2, 0.25) is 0 Å². The molecule has 0 amide bonds. The Kier molecular flexibility index (Phi) is 7.91. The summed E-state index contributed by atoms with van der Waals surface area (Å²) >= 11 is 1.75. The molecule has 2 unspecified atom stereocenters. The van der Waals surface area contributed by atoms with Crippen molar-refractivity contribution in [3.05, 3.63) is 84.4 Å². The molecular formula is C28H31FN6S. The summed E-state index contributed by atoms with van der Waals surface area (Å²) in [7, 11) is 1.97. The van der Waals surface area contributed by atoms with Crippen molar-refractivity contribution in [2.75, 3.05) is 5.75 Å². The van der Waals surface area contributed by atoms with Crippen LogP contribution in [0.3, 0.4) is 0 Å². The van der Waals surface area contributed by atoms with Crippen LogP contribution in [0, 0.1) is 17.7 Å². The van der Waals surface area contributed by atoms with Crippen LogP contribution in [0.15, 0.2) is 78.0 Å². The maximum absolute atomic E-state index is 13.2. The van der Waals surface area contributed by atoms with Gasteiger partial charge in [-0.05, 0) is 73.9 Å². The van der Waals surface area contributed by atoms with E-state index in [-0.39, 0.29) is 5.82 Å². The minimum atomic E-state index is -0.245. The third kappa shape index (κ3) is 5.93. The number of nitrogens with one attached hydrogen (secondary N) is 1. The predicted octanol–water partition coefficient (Wildman–Crippen LogP) is 6.17. The van der Waals surface area contributed by atoms with Crippen molar-refractivity contribution >= 4 is 17.5 Å². The molecular weight excluding hydrogens is 471 g/mol. The standard InChI is InChI=1S/C28H31FN6S/c1-35-27(21-11-13-23(29)14-12-21)33-34-28(35)36-17-5-7-20-6-4-8-22(18-20)24-9-2-3-10-25(32-24)26-19-30-15-16-31-26/h2-3,9-16,19-20,22,32H,4-8,17-18H2,1H3. The minimum absolute atomic E-state index is 0.245. The van der Waals surface area contributed by atoms with Gasteiger partial charge >= 0.3 is 0 Å². The summed E-state index contributed by atoms with van der Waals surface area (Å²) in [5.74, 6) is 2.81. The molecule has 6 nitrogen and oxygen atoms in total. The Morgan fingerprint density at radius 2 is 1.94 bits per heavy atom. The van der Waals surface area contributed by atoms with Crippen molar-refractivity contribution in [3.8, 4) is 11.4 Å². The highest BCUT2D eigenvalue weighted by Gasteiger charge is 2.25. The first kappa shape index (κ1) is 24.4. The Labute approximate surface area is 215 Å². The van der Waals surface area contributed by atoms with Crippen LogP contribution in [-0.2, 0) is 7.05 Å². The van der Waals surface area contributed by atoms with Crippen molar-refractivity contribution in [1.29, 1.82) is 0 Å². The van der Waals surface area contributed by atoms with Crippen molar-refractivity contribution in [2.24, 2.45) is 18.9 Å². The number of allylic oxidation sites excluding steroid dienone is 5. The second-order valence-corrected chi connectivity index (χ2v) is 10.5. The molecule has 1 saturated carbocycles. The molecule has 0 bridgehead atoms. The summed E-state index contributed by atoms with van der Waals surface area (Å²) in [4.78, 5) is 8.68. The summed E-state index contributed by atoms with van der Waals surface area (Å²) in [6, 6.07) is 6.40. The van der Waals surface area contributed by atoms with Crippen molar-refractivity contribution in [3.63, 3.8) is 0 Å². The Balaban J connectivity index is 1.12. The molecule has 3 aromatic rings. The molecule has 2 atom stereocenters. The molecule has 1 aliphatic carbocycles. The van der Waals surface area contributed by atoms with Crippen LogP contribution >= 0.6 is 11.8 Å². The molecule has 2 aliphatic rings. The quantitative estimate of drug-likeness (QED) is 0.293. The SMILES string of the molecule is Cn1c(SCCCC2CCCC(C3=CC=CC=C(c4cnccn4)N3)C2)nnc1-c1ccc(F)cc1. The fourth-order valence-electron chi connectivity index (χ4n) is 5.04. The maximum Gasteiger partial charge on any atom is 0.191 e. The highest BCUT2D eigenvalue weighted by molar-refractivity contribution is 7.99. The number of thioether (sulfide) groups is 1. The number of rotatable bonds is 8. The van der Waals surface area contributed by atoms with E-state index in [1.807, 2.05) is 11.6 Å².